The summed E-state index contributed by atoms with van der Waals surface area (Å²) in [4.78, 5) is 33.1. The number of aromatic nitrogens is 3. The van der Waals surface area contributed by atoms with Crippen LogP contribution in [-0.4, -0.2) is 29.3 Å². The highest BCUT2D eigenvalue weighted by Gasteiger charge is 2.16. The van der Waals surface area contributed by atoms with Crippen LogP contribution in [0.4, 0.5) is 5.69 Å². The first kappa shape index (κ1) is 14.9. The summed E-state index contributed by atoms with van der Waals surface area (Å²) in [5.74, 6) is -0.530. The van der Waals surface area contributed by atoms with Crippen molar-refractivity contribution in [2.75, 3.05) is 5.32 Å². The van der Waals surface area contributed by atoms with Gasteiger partial charge in [0.05, 0.1) is 22.2 Å². The fourth-order valence-corrected chi connectivity index (χ4v) is 2.59. The van der Waals surface area contributed by atoms with Gasteiger partial charge in [0.15, 0.2) is 0 Å². The molecule has 5 N–H and O–H groups in total. The van der Waals surface area contributed by atoms with Crippen molar-refractivity contribution in [3.63, 3.8) is 0 Å². The Hall–Kier alpha value is -2.98. The molecule has 0 fully saturated rings. The van der Waals surface area contributed by atoms with Crippen molar-refractivity contribution in [2.24, 2.45) is 5.14 Å². The Labute approximate surface area is 129 Å². The maximum absolute atomic E-state index is 12.3. The zero-order chi connectivity index (χ0) is 16.6. The summed E-state index contributed by atoms with van der Waals surface area (Å²) in [6, 6.07) is 5.34. The topological polar surface area (TPSA) is 151 Å². The summed E-state index contributed by atoms with van der Waals surface area (Å²) < 4.78 is 22.4. The summed E-state index contributed by atoms with van der Waals surface area (Å²) in [5, 5.41) is 7.71. The third-order valence-electron chi connectivity index (χ3n) is 3.16. The minimum Gasteiger partial charge on any atom is -0.345 e. The number of primary sulfonamides is 1. The molecule has 1 amide bonds. The van der Waals surface area contributed by atoms with Gasteiger partial charge in [-0.05, 0) is 24.3 Å². The Morgan fingerprint density at radius 1 is 1.17 bits per heavy atom. The van der Waals surface area contributed by atoms with Crippen molar-refractivity contribution >= 4 is 32.7 Å². The van der Waals surface area contributed by atoms with Crippen LogP contribution in [0.5, 0.6) is 0 Å². The molecule has 0 saturated carbocycles. The molecule has 2 aromatic heterocycles. The minimum atomic E-state index is -3.80. The largest absolute Gasteiger partial charge is 0.345 e. The van der Waals surface area contributed by atoms with E-state index in [1.807, 2.05) is 0 Å². The van der Waals surface area contributed by atoms with Crippen molar-refractivity contribution < 1.29 is 13.2 Å². The number of benzene rings is 1. The molecule has 0 aliphatic rings. The number of hydrogen-bond donors (Lipinski definition) is 4. The van der Waals surface area contributed by atoms with E-state index >= 15 is 0 Å². The summed E-state index contributed by atoms with van der Waals surface area (Å²) in [5.41, 5.74) is 0.344. The van der Waals surface area contributed by atoms with E-state index in [0.29, 0.717) is 11.3 Å². The normalized spacial score (nSPS) is 11.5. The van der Waals surface area contributed by atoms with Gasteiger partial charge in [-0.25, -0.2) is 18.5 Å². The monoisotopic (exact) mass is 333 g/mol. The maximum Gasteiger partial charge on any atom is 0.261 e. The van der Waals surface area contributed by atoms with Crippen molar-refractivity contribution in [1.29, 1.82) is 0 Å². The highest BCUT2D eigenvalue weighted by molar-refractivity contribution is 7.89. The Kier molecular flexibility index (Phi) is 3.47. The molecule has 0 radical (unpaired) electrons. The number of aromatic amines is 2. The molecule has 0 aliphatic carbocycles. The molecule has 3 rings (SSSR count). The second-order valence-electron chi connectivity index (χ2n) is 4.68. The Balaban J connectivity index is 1.91. The Bertz CT molecular complexity index is 1050. The number of amides is 1. The van der Waals surface area contributed by atoms with Crippen LogP contribution in [0, 0.1) is 0 Å². The first-order chi connectivity index (χ1) is 10.9. The van der Waals surface area contributed by atoms with Gasteiger partial charge in [0.1, 0.15) is 5.65 Å². The number of nitrogens with two attached hydrogens (primary N) is 1. The molecule has 0 aliphatic heterocycles. The lowest BCUT2D eigenvalue weighted by Crippen LogP contribution is -2.16. The second kappa shape index (κ2) is 5.34. The SMILES string of the molecule is NS(=O)(=O)c1ccc(NC(=O)c2c[nH]c3nc[nH]c(=O)c23)cc1. The van der Waals surface area contributed by atoms with E-state index in [1.54, 1.807) is 0 Å². The van der Waals surface area contributed by atoms with Crippen LogP contribution in [0.3, 0.4) is 0 Å². The third kappa shape index (κ3) is 2.84. The van der Waals surface area contributed by atoms with Crippen molar-refractivity contribution in [3.8, 4) is 0 Å². The van der Waals surface area contributed by atoms with E-state index in [0.717, 1.165) is 0 Å². The van der Waals surface area contributed by atoms with Gasteiger partial charge in [-0.15, -0.1) is 0 Å². The Morgan fingerprint density at radius 3 is 2.52 bits per heavy atom. The van der Waals surface area contributed by atoms with E-state index in [2.05, 4.69) is 20.3 Å². The molecule has 9 nitrogen and oxygen atoms in total. The molecule has 0 spiro atoms. The van der Waals surface area contributed by atoms with Crippen molar-refractivity contribution in [3.05, 3.63) is 52.7 Å². The van der Waals surface area contributed by atoms with E-state index in [9.17, 15) is 18.0 Å². The number of nitrogens with one attached hydrogen (secondary N) is 3. The minimum absolute atomic E-state index is 0.0664. The number of anilines is 1. The predicted molar refractivity (Wildman–Crippen MR) is 82.5 cm³/mol. The molecule has 0 atom stereocenters. The van der Waals surface area contributed by atoms with Crippen LogP contribution in [-0.2, 0) is 10.0 Å². The zero-order valence-electron chi connectivity index (χ0n) is 11.5. The smallest absolute Gasteiger partial charge is 0.261 e. The highest BCUT2D eigenvalue weighted by Crippen LogP contribution is 2.16. The molecule has 1 aromatic carbocycles. The number of H-pyrrole nitrogens is 2. The first-order valence-corrected chi connectivity index (χ1v) is 7.90. The summed E-state index contributed by atoms with van der Waals surface area (Å²) >= 11 is 0. The van der Waals surface area contributed by atoms with Crippen LogP contribution >= 0.6 is 0 Å². The average Bonchev–Trinajstić information content (AvgIpc) is 2.92. The van der Waals surface area contributed by atoms with Crippen molar-refractivity contribution in [1.82, 2.24) is 15.0 Å². The number of sulfonamides is 1. The lowest BCUT2D eigenvalue weighted by molar-refractivity contribution is 0.102. The molecule has 10 heteroatoms. The summed E-state index contributed by atoms with van der Waals surface area (Å²) in [6.07, 6.45) is 2.61. The lowest BCUT2D eigenvalue weighted by atomic mass is 10.2. The van der Waals surface area contributed by atoms with Gasteiger partial charge in [0.2, 0.25) is 10.0 Å². The van der Waals surface area contributed by atoms with E-state index in [-0.39, 0.29) is 15.8 Å². The van der Waals surface area contributed by atoms with E-state index in [1.165, 1.54) is 36.8 Å². The van der Waals surface area contributed by atoms with Crippen molar-refractivity contribution in [2.45, 2.75) is 4.90 Å². The quantitative estimate of drug-likeness (QED) is 0.538. The molecule has 0 unspecified atom stereocenters. The molecule has 0 bridgehead atoms. The first-order valence-electron chi connectivity index (χ1n) is 6.35. The average molecular weight is 333 g/mol. The molecule has 23 heavy (non-hydrogen) atoms. The maximum atomic E-state index is 12.3. The van der Waals surface area contributed by atoms with Gasteiger partial charge in [-0.1, -0.05) is 0 Å². The van der Waals surface area contributed by atoms with Gasteiger partial charge < -0.3 is 15.3 Å². The molecular weight excluding hydrogens is 322 g/mol. The second-order valence-corrected chi connectivity index (χ2v) is 6.24. The van der Waals surface area contributed by atoms with Crippen LogP contribution in [0.25, 0.3) is 11.0 Å². The molecule has 3 aromatic rings. The van der Waals surface area contributed by atoms with Gasteiger partial charge >= 0.3 is 0 Å². The van der Waals surface area contributed by atoms with Gasteiger partial charge in [-0.2, -0.15) is 0 Å². The zero-order valence-corrected chi connectivity index (χ0v) is 12.3. The Morgan fingerprint density at radius 2 is 1.87 bits per heavy atom. The van der Waals surface area contributed by atoms with Crippen LogP contribution in [0.2, 0.25) is 0 Å². The number of rotatable bonds is 3. The number of carbonyl (C=O) groups is 1. The van der Waals surface area contributed by atoms with E-state index < -0.39 is 21.5 Å². The van der Waals surface area contributed by atoms with Crippen LogP contribution < -0.4 is 16.0 Å². The standard InChI is InChI=1S/C13H11N5O4S/c14-23(21,22)8-3-1-7(2-4-8)18-12(19)9-5-15-11-10(9)13(20)17-6-16-11/h1-6H,(H,18,19)(H2,14,21,22)(H2,15,16,17,20). The summed E-state index contributed by atoms with van der Waals surface area (Å²) in [7, 11) is -3.80. The number of carbonyl (C=O) groups excluding carboxylic acids is 1. The number of fused-ring (bicyclic) bond motifs is 1. The fourth-order valence-electron chi connectivity index (χ4n) is 2.08. The fraction of sp³-hybridized carbons (Fsp3) is 0. The lowest BCUT2D eigenvalue weighted by Gasteiger charge is -2.05. The molecule has 2 heterocycles. The summed E-state index contributed by atoms with van der Waals surface area (Å²) in [6.45, 7) is 0. The van der Waals surface area contributed by atoms with Crippen LogP contribution in [0.1, 0.15) is 10.4 Å². The highest BCUT2D eigenvalue weighted by atomic mass is 32.2. The molecular formula is C13H11N5O4S. The van der Waals surface area contributed by atoms with Gasteiger partial charge in [0, 0.05) is 11.9 Å². The molecule has 118 valence electrons. The van der Waals surface area contributed by atoms with Gasteiger partial charge in [-0.3, -0.25) is 9.59 Å². The molecule has 0 saturated heterocycles. The third-order valence-corrected chi connectivity index (χ3v) is 4.09. The van der Waals surface area contributed by atoms with Crippen LogP contribution in [0.15, 0.2) is 46.5 Å². The van der Waals surface area contributed by atoms with E-state index in [4.69, 9.17) is 5.14 Å². The predicted octanol–water partition coefficient (Wildman–Crippen LogP) is 0.151. The number of hydrogen-bond acceptors (Lipinski definition) is 5. The van der Waals surface area contributed by atoms with Gasteiger partial charge in [0.25, 0.3) is 11.5 Å². The number of nitrogens with zero attached hydrogens (tertiary/aromatic N) is 1.